The molecule has 9 nitrogen and oxygen atoms in total. The topological polar surface area (TPSA) is 101 Å². The van der Waals surface area contributed by atoms with Crippen LogP contribution in [0.1, 0.15) is 65.7 Å². The molecule has 1 aliphatic rings. The summed E-state index contributed by atoms with van der Waals surface area (Å²) in [7, 11) is 0. The number of benzene rings is 1. The van der Waals surface area contributed by atoms with E-state index in [0.717, 1.165) is 5.56 Å². The molecule has 1 aromatic carbocycles. The Morgan fingerprint density at radius 3 is 2.24 bits per heavy atom. The highest BCUT2D eigenvalue weighted by atomic mass is 16.6. The number of carbonyl (C=O) groups is 3. The quantitative estimate of drug-likeness (QED) is 0.521. The van der Waals surface area contributed by atoms with E-state index in [4.69, 9.17) is 13.9 Å². The summed E-state index contributed by atoms with van der Waals surface area (Å²) in [5.74, 6) is 0.501. The van der Waals surface area contributed by atoms with Gasteiger partial charge in [-0.15, -0.1) is 0 Å². The molecule has 1 saturated heterocycles. The lowest BCUT2D eigenvalue weighted by molar-refractivity contribution is -0.137. The van der Waals surface area contributed by atoms with Crippen molar-refractivity contribution in [2.75, 3.05) is 13.1 Å². The number of piperidine rings is 1. The average Bonchev–Trinajstić information content (AvgIpc) is 3.36. The van der Waals surface area contributed by atoms with Gasteiger partial charge >= 0.3 is 12.2 Å². The van der Waals surface area contributed by atoms with E-state index in [-0.39, 0.29) is 25.1 Å². The minimum Gasteiger partial charge on any atom is -0.467 e. The number of ether oxygens (including phenoxy) is 2. The second-order valence-corrected chi connectivity index (χ2v) is 11.7. The molecule has 3 amide bonds. The summed E-state index contributed by atoms with van der Waals surface area (Å²) in [6.45, 7) is 12.4. The minimum absolute atomic E-state index is 0.126. The zero-order chi connectivity index (χ0) is 27.9. The molecular weight excluding hydrogens is 486 g/mol. The fraction of sp³-hybridized carbons (Fsp3) is 0.552. The van der Waals surface area contributed by atoms with Gasteiger partial charge in [0, 0.05) is 19.1 Å². The summed E-state index contributed by atoms with van der Waals surface area (Å²) in [4.78, 5) is 42.6. The van der Waals surface area contributed by atoms with Crippen LogP contribution in [-0.2, 0) is 27.4 Å². The van der Waals surface area contributed by atoms with Gasteiger partial charge in [0.05, 0.1) is 12.8 Å². The Bertz CT molecular complexity index is 1050. The van der Waals surface area contributed by atoms with Gasteiger partial charge in [0.25, 0.3) is 0 Å². The molecule has 0 radical (unpaired) electrons. The van der Waals surface area contributed by atoms with Gasteiger partial charge in [-0.05, 0) is 56.7 Å². The average molecular weight is 528 g/mol. The third-order valence-corrected chi connectivity index (χ3v) is 6.34. The predicted octanol–water partition coefficient (Wildman–Crippen LogP) is 5.35. The molecule has 1 N–H and O–H groups in total. The van der Waals surface area contributed by atoms with E-state index < -0.39 is 29.2 Å². The van der Waals surface area contributed by atoms with E-state index in [1.807, 2.05) is 57.2 Å². The molecule has 2 heterocycles. The van der Waals surface area contributed by atoms with E-state index in [0.29, 0.717) is 31.7 Å². The van der Waals surface area contributed by atoms with Crippen LogP contribution in [0.5, 0.6) is 0 Å². The zero-order valence-electron chi connectivity index (χ0n) is 23.4. The molecule has 0 spiro atoms. The lowest BCUT2D eigenvalue weighted by Gasteiger charge is -2.40. The molecule has 0 bridgehead atoms. The van der Waals surface area contributed by atoms with Crippen molar-refractivity contribution < 1.29 is 28.3 Å². The standard InChI is InChI=1S/C29H41N3O6/c1-28(2,3)24(30-26(34)38-29(4,5)6)25(33)31-16-14-22(15-17-31)32(19-23-13-10-18-36-23)27(35)37-20-21-11-8-7-9-12-21/h7-13,18,22,24H,14-17,19-20H2,1-6H3,(H,30,34)/t24-/m1/s1. The molecule has 208 valence electrons. The Morgan fingerprint density at radius 1 is 1.03 bits per heavy atom. The number of nitrogens with one attached hydrogen (secondary N) is 1. The molecular formula is C29H41N3O6. The van der Waals surface area contributed by atoms with Crippen LogP contribution in [-0.4, -0.2) is 58.7 Å². The van der Waals surface area contributed by atoms with Crippen LogP contribution in [0.2, 0.25) is 0 Å². The van der Waals surface area contributed by atoms with Crippen LogP contribution in [0.3, 0.4) is 0 Å². The maximum Gasteiger partial charge on any atom is 0.410 e. The number of hydrogen-bond donors (Lipinski definition) is 1. The van der Waals surface area contributed by atoms with Gasteiger partial charge in [0.1, 0.15) is 24.0 Å². The second-order valence-electron chi connectivity index (χ2n) is 11.7. The lowest BCUT2D eigenvalue weighted by atomic mass is 9.85. The summed E-state index contributed by atoms with van der Waals surface area (Å²) in [5, 5.41) is 2.78. The Balaban J connectivity index is 1.65. The molecule has 2 aromatic rings. The van der Waals surface area contributed by atoms with Gasteiger partial charge in [-0.1, -0.05) is 51.1 Å². The Kier molecular flexibility index (Phi) is 9.46. The summed E-state index contributed by atoms with van der Waals surface area (Å²) in [5.41, 5.74) is -0.275. The van der Waals surface area contributed by atoms with Crippen molar-refractivity contribution in [2.45, 2.75) is 85.2 Å². The molecule has 9 heteroatoms. The summed E-state index contributed by atoms with van der Waals surface area (Å²) < 4.78 is 16.5. The van der Waals surface area contributed by atoms with Crippen molar-refractivity contribution in [1.82, 2.24) is 15.1 Å². The normalized spacial score (nSPS) is 15.5. The lowest BCUT2D eigenvalue weighted by Crippen LogP contribution is -2.58. The molecule has 1 aliphatic heterocycles. The first-order chi connectivity index (χ1) is 17.8. The number of nitrogens with zero attached hydrogens (tertiary/aromatic N) is 2. The molecule has 3 rings (SSSR count). The van der Waals surface area contributed by atoms with E-state index in [2.05, 4.69) is 5.32 Å². The number of amides is 3. The summed E-state index contributed by atoms with van der Waals surface area (Å²) in [6.07, 6.45) is 1.70. The number of alkyl carbamates (subject to hydrolysis) is 1. The number of hydrogen-bond acceptors (Lipinski definition) is 6. The monoisotopic (exact) mass is 527 g/mol. The van der Waals surface area contributed by atoms with Gasteiger partial charge in [-0.3, -0.25) is 9.69 Å². The van der Waals surface area contributed by atoms with Gasteiger partial charge < -0.3 is 24.1 Å². The fourth-order valence-corrected chi connectivity index (χ4v) is 4.37. The molecule has 0 saturated carbocycles. The highest BCUT2D eigenvalue weighted by Crippen LogP contribution is 2.26. The van der Waals surface area contributed by atoms with Gasteiger partial charge in [-0.2, -0.15) is 0 Å². The predicted molar refractivity (Wildman–Crippen MR) is 143 cm³/mol. The first-order valence-corrected chi connectivity index (χ1v) is 13.1. The maximum absolute atomic E-state index is 13.5. The molecule has 1 atom stereocenters. The van der Waals surface area contributed by atoms with Crippen molar-refractivity contribution in [3.8, 4) is 0 Å². The van der Waals surface area contributed by atoms with E-state index in [1.165, 1.54) is 0 Å². The second kappa shape index (κ2) is 12.4. The van der Waals surface area contributed by atoms with E-state index >= 15 is 0 Å². The first kappa shape index (κ1) is 29.1. The molecule has 1 aromatic heterocycles. The summed E-state index contributed by atoms with van der Waals surface area (Å²) in [6, 6.07) is 12.3. The fourth-order valence-electron chi connectivity index (χ4n) is 4.37. The van der Waals surface area contributed by atoms with Crippen LogP contribution in [0, 0.1) is 5.41 Å². The Morgan fingerprint density at radius 2 is 1.68 bits per heavy atom. The van der Waals surface area contributed by atoms with Crippen molar-refractivity contribution >= 4 is 18.1 Å². The molecule has 38 heavy (non-hydrogen) atoms. The highest BCUT2D eigenvalue weighted by molar-refractivity contribution is 5.86. The number of furan rings is 1. The van der Waals surface area contributed by atoms with Crippen molar-refractivity contribution in [2.24, 2.45) is 5.41 Å². The van der Waals surface area contributed by atoms with Crippen LogP contribution in [0.4, 0.5) is 9.59 Å². The number of carbonyl (C=O) groups excluding carboxylic acids is 3. The number of rotatable bonds is 7. The Labute approximate surface area is 225 Å². The SMILES string of the molecule is CC(C)(C)OC(=O)N[C@H](C(=O)N1CCC(N(Cc2ccco2)C(=O)OCc2ccccc2)CC1)C(C)(C)C. The third kappa shape index (κ3) is 8.53. The highest BCUT2D eigenvalue weighted by Gasteiger charge is 2.39. The van der Waals surface area contributed by atoms with Crippen LogP contribution < -0.4 is 5.32 Å². The minimum atomic E-state index is -0.746. The molecule has 0 unspecified atom stereocenters. The molecule has 1 fully saturated rings. The van der Waals surface area contributed by atoms with Crippen molar-refractivity contribution in [3.63, 3.8) is 0 Å². The van der Waals surface area contributed by atoms with Crippen molar-refractivity contribution in [3.05, 3.63) is 60.1 Å². The largest absolute Gasteiger partial charge is 0.467 e. The third-order valence-electron chi connectivity index (χ3n) is 6.34. The van der Waals surface area contributed by atoms with Crippen LogP contribution >= 0.6 is 0 Å². The maximum atomic E-state index is 13.5. The van der Waals surface area contributed by atoms with Gasteiger partial charge in [-0.25, -0.2) is 9.59 Å². The Hall–Kier alpha value is -3.49. The van der Waals surface area contributed by atoms with E-state index in [9.17, 15) is 14.4 Å². The van der Waals surface area contributed by atoms with Crippen LogP contribution in [0.15, 0.2) is 53.1 Å². The van der Waals surface area contributed by atoms with E-state index in [1.54, 1.807) is 42.9 Å². The van der Waals surface area contributed by atoms with Gasteiger partial charge in [0.15, 0.2) is 0 Å². The van der Waals surface area contributed by atoms with Crippen LogP contribution in [0.25, 0.3) is 0 Å². The zero-order valence-corrected chi connectivity index (χ0v) is 23.4. The smallest absolute Gasteiger partial charge is 0.410 e. The number of likely N-dealkylation sites (tertiary alicyclic amines) is 1. The first-order valence-electron chi connectivity index (χ1n) is 13.1. The molecule has 0 aliphatic carbocycles. The van der Waals surface area contributed by atoms with Crippen molar-refractivity contribution in [1.29, 1.82) is 0 Å². The van der Waals surface area contributed by atoms with Gasteiger partial charge in [0.2, 0.25) is 5.91 Å². The summed E-state index contributed by atoms with van der Waals surface area (Å²) >= 11 is 0.